The van der Waals surface area contributed by atoms with Crippen LogP contribution in [0.1, 0.15) is 44.1 Å². The van der Waals surface area contributed by atoms with Gasteiger partial charge in [0.05, 0.1) is 27.9 Å². The van der Waals surface area contributed by atoms with Gasteiger partial charge in [0.1, 0.15) is 0 Å². The van der Waals surface area contributed by atoms with Crippen molar-refractivity contribution in [1.29, 1.82) is 0 Å². The summed E-state index contributed by atoms with van der Waals surface area (Å²) in [7, 11) is -4.01. The summed E-state index contributed by atoms with van der Waals surface area (Å²) in [4.78, 5) is -0.609. The molecule has 7 heteroatoms. The van der Waals surface area contributed by atoms with E-state index in [0.29, 0.717) is 12.8 Å². The van der Waals surface area contributed by atoms with Crippen LogP contribution in [-0.2, 0) is 20.8 Å². The number of halogens is 3. The van der Waals surface area contributed by atoms with Gasteiger partial charge in [-0.25, -0.2) is 8.42 Å². The third-order valence-corrected chi connectivity index (χ3v) is 6.99. The molecule has 2 fully saturated rings. The van der Waals surface area contributed by atoms with Gasteiger partial charge in [0.25, 0.3) is 0 Å². The molecular weight excluding hydrogens is 329 g/mol. The number of rotatable bonds is 4. The van der Waals surface area contributed by atoms with Crippen molar-refractivity contribution in [3.05, 3.63) is 29.8 Å². The molecule has 3 nitrogen and oxygen atoms in total. The highest BCUT2D eigenvalue weighted by Crippen LogP contribution is 2.39. The van der Waals surface area contributed by atoms with Crippen molar-refractivity contribution in [3.63, 3.8) is 0 Å². The van der Waals surface area contributed by atoms with Crippen LogP contribution in [0, 0.1) is 0 Å². The molecule has 0 aromatic heterocycles. The lowest BCUT2D eigenvalue weighted by atomic mass is 9.96. The smallest absolute Gasteiger partial charge is 0.375 e. The minimum absolute atomic E-state index is 0.155. The quantitative estimate of drug-likeness (QED) is 0.827. The Labute approximate surface area is 133 Å². The standard InChI is InChI=1S/C16H19F3O3S/c17-16(18,19)14-6-1-2-7-15(14)23(20,21)13-9-8-12(10-13)22-11-4-3-5-11/h1-2,6-7,11-13H,3-5,8-10H2/t12-,13-/m0/s1. The number of alkyl halides is 3. The number of hydrogen-bond donors (Lipinski definition) is 0. The number of sulfone groups is 1. The summed E-state index contributed by atoms with van der Waals surface area (Å²) in [5.41, 5.74) is -1.08. The molecule has 0 radical (unpaired) electrons. The lowest BCUT2D eigenvalue weighted by Gasteiger charge is -2.28. The van der Waals surface area contributed by atoms with Crippen molar-refractivity contribution in [1.82, 2.24) is 0 Å². The molecule has 0 N–H and O–H groups in total. The van der Waals surface area contributed by atoms with E-state index in [1.807, 2.05) is 0 Å². The SMILES string of the molecule is O=S(=O)(c1ccccc1C(F)(F)F)[C@H]1CC[C@H](OC2CCC2)C1. The fourth-order valence-electron chi connectivity index (χ4n) is 3.21. The van der Waals surface area contributed by atoms with Gasteiger partial charge in [0, 0.05) is 0 Å². The van der Waals surface area contributed by atoms with E-state index >= 15 is 0 Å². The minimum atomic E-state index is -4.68. The monoisotopic (exact) mass is 348 g/mol. The molecule has 0 heterocycles. The van der Waals surface area contributed by atoms with Gasteiger partial charge in [-0.2, -0.15) is 13.2 Å². The third kappa shape index (κ3) is 3.40. The fraction of sp³-hybridized carbons (Fsp3) is 0.625. The predicted molar refractivity (Wildman–Crippen MR) is 78.8 cm³/mol. The van der Waals surface area contributed by atoms with Gasteiger partial charge in [-0.05, 0) is 50.7 Å². The summed E-state index contributed by atoms with van der Waals surface area (Å²) in [6.07, 6.45) is -0.300. The summed E-state index contributed by atoms with van der Waals surface area (Å²) in [6, 6.07) is 4.42. The summed E-state index contributed by atoms with van der Waals surface area (Å²) < 4.78 is 70.4. The average molecular weight is 348 g/mol. The molecule has 0 spiro atoms. The minimum Gasteiger partial charge on any atom is -0.375 e. The van der Waals surface area contributed by atoms with E-state index in [9.17, 15) is 21.6 Å². The highest BCUT2D eigenvalue weighted by molar-refractivity contribution is 7.92. The number of benzene rings is 1. The van der Waals surface area contributed by atoms with Gasteiger partial charge in [0.15, 0.2) is 9.84 Å². The maximum atomic E-state index is 13.1. The Hall–Kier alpha value is -1.08. The van der Waals surface area contributed by atoms with E-state index in [1.165, 1.54) is 12.1 Å². The van der Waals surface area contributed by atoms with Crippen LogP contribution in [-0.4, -0.2) is 25.9 Å². The Morgan fingerprint density at radius 3 is 2.30 bits per heavy atom. The molecule has 0 amide bonds. The first kappa shape index (κ1) is 16.8. The predicted octanol–water partition coefficient (Wildman–Crippen LogP) is 3.97. The van der Waals surface area contributed by atoms with Gasteiger partial charge >= 0.3 is 6.18 Å². The van der Waals surface area contributed by atoms with Crippen LogP contribution in [0.5, 0.6) is 0 Å². The first-order valence-electron chi connectivity index (χ1n) is 7.84. The molecule has 0 unspecified atom stereocenters. The lowest BCUT2D eigenvalue weighted by molar-refractivity contribution is -0.139. The van der Waals surface area contributed by atoms with Crippen LogP contribution >= 0.6 is 0 Å². The molecule has 2 saturated carbocycles. The largest absolute Gasteiger partial charge is 0.417 e. The van der Waals surface area contributed by atoms with Crippen LogP contribution in [0.2, 0.25) is 0 Å². The molecule has 2 aliphatic rings. The van der Waals surface area contributed by atoms with Crippen molar-refractivity contribution in [2.75, 3.05) is 0 Å². The zero-order valence-electron chi connectivity index (χ0n) is 12.6. The fourth-order valence-corrected chi connectivity index (χ4v) is 5.25. The normalized spacial score (nSPS) is 26.2. The maximum Gasteiger partial charge on any atom is 0.417 e. The molecule has 0 saturated heterocycles. The first-order valence-corrected chi connectivity index (χ1v) is 9.38. The van der Waals surface area contributed by atoms with Crippen molar-refractivity contribution in [2.45, 2.75) is 67.1 Å². The molecule has 0 aliphatic heterocycles. The van der Waals surface area contributed by atoms with Crippen molar-refractivity contribution in [2.24, 2.45) is 0 Å². The van der Waals surface area contributed by atoms with Gasteiger partial charge in [-0.3, -0.25) is 0 Å². The van der Waals surface area contributed by atoms with E-state index in [4.69, 9.17) is 4.74 Å². The van der Waals surface area contributed by atoms with E-state index in [-0.39, 0.29) is 18.6 Å². The number of ether oxygens (including phenoxy) is 1. The van der Waals surface area contributed by atoms with Crippen molar-refractivity contribution >= 4 is 9.84 Å². The molecule has 2 atom stereocenters. The van der Waals surface area contributed by atoms with Crippen LogP contribution in [0.3, 0.4) is 0 Å². The highest BCUT2D eigenvalue weighted by Gasteiger charge is 2.42. The Balaban J connectivity index is 1.80. The van der Waals surface area contributed by atoms with E-state index in [1.54, 1.807) is 0 Å². The maximum absolute atomic E-state index is 13.1. The molecule has 1 aromatic carbocycles. The average Bonchev–Trinajstić information content (AvgIpc) is 2.91. The van der Waals surface area contributed by atoms with Crippen LogP contribution in [0.25, 0.3) is 0 Å². The van der Waals surface area contributed by atoms with Gasteiger partial charge in [0.2, 0.25) is 0 Å². The summed E-state index contributed by atoms with van der Waals surface area (Å²) in [5, 5.41) is -0.795. The zero-order chi connectivity index (χ0) is 16.7. The molecular formula is C16H19F3O3S. The Morgan fingerprint density at radius 1 is 1.00 bits per heavy atom. The lowest BCUT2D eigenvalue weighted by Crippen LogP contribution is -2.28. The Morgan fingerprint density at radius 2 is 1.70 bits per heavy atom. The van der Waals surface area contributed by atoms with Gasteiger partial charge in [-0.15, -0.1) is 0 Å². The first-order chi connectivity index (χ1) is 10.8. The van der Waals surface area contributed by atoms with E-state index in [0.717, 1.165) is 31.4 Å². The van der Waals surface area contributed by atoms with Crippen molar-refractivity contribution < 1.29 is 26.3 Å². The summed E-state index contributed by atoms with van der Waals surface area (Å²) in [6.45, 7) is 0. The molecule has 2 aliphatic carbocycles. The van der Waals surface area contributed by atoms with Crippen LogP contribution < -0.4 is 0 Å². The summed E-state index contributed by atoms with van der Waals surface area (Å²) in [5.74, 6) is 0. The summed E-state index contributed by atoms with van der Waals surface area (Å²) >= 11 is 0. The van der Waals surface area contributed by atoms with E-state index in [2.05, 4.69) is 0 Å². The molecule has 128 valence electrons. The zero-order valence-corrected chi connectivity index (χ0v) is 13.4. The molecule has 23 heavy (non-hydrogen) atoms. The second kappa shape index (κ2) is 6.09. The Kier molecular flexibility index (Phi) is 4.44. The van der Waals surface area contributed by atoms with Gasteiger partial charge < -0.3 is 4.74 Å². The molecule has 3 rings (SSSR count). The second-order valence-corrected chi connectivity index (χ2v) is 8.48. The Bertz CT molecular complexity index is 665. The number of hydrogen-bond acceptors (Lipinski definition) is 3. The van der Waals surface area contributed by atoms with Crippen molar-refractivity contribution in [3.8, 4) is 0 Å². The van der Waals surface area contributed by atoms with E-state index < -0.39 is 31.7 Å². The van der Waals surface area contributed by atoms with Crippen LogP contribution in [0.4, 0.5) is 13.2 Å². The topological polar surface area (TPSA) is 43.4 Å². The molecule has 1 aromatic rings. The highest BCUT2D eigenvalue weighted by atomic mass is 32.2. The third-order valence-electron chi connectivity index (χ3n) is 4.71. The second-order valence-electron chi connectivity index (χ2n) is 6.28. The van der Waals surface area contributed by atoms with Crippen LogP contribution in [0.15, 0.2) is 29.2 Å². The molecule has 0 bridgehead atoms. The van der Waals surface area contributed by atoms with Gasteiger partial charge in [-0.1, -0.05) is 12.1 Å².